The Morgan fingerprint density at radius 2 is 1.04 bits per heavy atom. The van der Waals surface area contributed by atoms with Crippen LogP contribution in [-0.2, 0) is 23.9 Å². The highest BCUT2D eigenvalue weighted by atomic mass is 16.5. The number of ether oxygens (including phenoxy) is 2. The van der Waals surface area contributed by atoms with E-state index in [1.54, 1.807) is 0 Å². The molecule has 0 unspecified atom stereocenters. The van der Waals surface area contributed by atoms with E-state index in [9.17, 15) is 19.5 Å². The van der Waals surface area contributed by atoms with Crippen LogP contribution in [0.3, 0.4) is 0 Å². The molecular weight excluding hydrogens is 600 g/mol. The van der Waals surface area contributed by atoms with Crippen LogP contribution in [0.5, 0.6) is 0 Å². The number of likely N-dealkylation sites (tertiary alicyclic amines) is 2. The summed E-state index contributed by atoms with van der Waals surface area (Å²) in [7, 11) is 0. The molecular formula is C36H58N4O7. The number of aliphatic hydroxyl groups excluding tert-OH is 1. The summed E-state index contributed by atoms with van der Waals surface area (Å²) in [6.07, 6.45) is 18.0. The molecule has 4 aliphatic heterocycles. The molecule has 4 saturated carbocycles. The van der Waals surface area contributed by atoms with E-state index in [0.29, 0.717) is 49.3 Å². The fraction of sp³-hybridized carbons (Fsp3) is 0.917. The third kappa shape index (κ3) is 7.25. The highest BCUT2D eigenvalue weighted by Gasteiger charge is 2.45. The van der Waals surface area contributed by atoms with Gasteiger partial charge in [0.25, 0.3) is 0 Å². The number of aliphatic carboxylic acids is 1. The van der Waals surface area contributed by atoms with Crippen LogP contribution in [0, 0.1) is 11.8 Å². The minimum Gasteiger partial charge on any atom is -0.481 e. The Balaban J connectivity index is 0.000000150. The topological polar surface area (TPSA) is 123 Å². The number of rotatable bonds is 6. The second kappa shape index (κ2) is 15.0. The van der Waals surface area contributed by atoms with Gasteiger partial charge in [-0.15, -0.1) is 0 Å². The number of carbonyl (C=O) groups is 3. The number of piperidine rings is 2. The lowest BCUT2D eigenvalue weighted by atomic mass is 9.78. The average Bonchev–Trinajstić information content (AvgIpc) is 3.05. The highest BCUT2D eigenvalue weighted by Crippen LogP contribution is 2.38. The zero-order valence-corrected chi connectivity index (χ0v) is 28.3. The van der Waals surface area contributed by atoms with Crippen molar-refractivity contribution in [1.29, 1.82) is 0 Å². The molecule has 4 heterocycles. The number of carboxylic acids is 1. The van der Waals surface area contributed by atoms with Gasteiger partial charge >= 0.3 is 5.97 Å². The average molecular weight is 659 g/mol. The van der Waals surface area contributed by atoms with Crippen LogP contribution in [-0.4, -0.2) is 142 Å². The number of nitrogens with zero attached hydrogens (tertiary/aromatic N) is 4. The summed E-state index contributed by atoms with van der Waals surface area (Å²) in [4.78, 5) is 45.3. The largest absolute Gasteiger partial charge is 0.481 e. The van der Waals surface area contributed by atoms with Crippen LogP contribution in [0.4, 0.5) is 0 Å². The third-order valence-corrected chi connectivity index (χ3v) is 13.2. The van der Waals surface area contributed by atoms with Crippen molar-refractivity contribution in [2.45, 2.75) is 151 Å². The first-order valence-corrected chi connectivity index (χ1v) is 19.1. The number of carbonyl (C=O) groups excluding carboxylic acids is 2. The second-order valence-electron chi connectivity index (χ2n) is 15.9. The quantitative estimate of drug-likeness (QED) is 0.444. The molecule has 2 N–H and O–H groups in total. The van der Waals surface area contributed by atoms with Crippen molar-refractivity contribution in [2.75, 3.05) is 46.0 Å². The first kappa shape index (κ1) is 33.7. The first-order valence-electron chi connectivity index (χ1n) is 19.1. The number of aliphatic hydroxyl groups is 1. The maximum atomic E-state index is 12.5. The predicted octanol–water partition coefficient (Wildman–Crippen LogP) is 2.88. The molecule has 0 aromatic carbocycles. The SMILES string of the molecule is O=C(O)C1CC(N2CCC(N3C(=O)CO[C@H]4CCCC[C@@H]43)CC2)C1.O=C1CO[C@H]2CCCC[C@@H]2N1C1CCN(C2CC(CO)C2)CC1. The standard InChI is InChI=1S/C18H28N2O4.C18H30N2O3/c21-17-11-24-16-4-2-1-3-15(16)20(17)13-5-7-19(8-6-13)14-9-12(10-14)18(22)23;21-11-13-9-15(10-13)19-7-5-14(6-8-19)20-16-3-1-2-4-17(16)23-12-18(20)22/h12-16H,1-11H2,(H,22,23);13-17,21H,1-12H2/t12?,14?,15-,16-;13?,15?,16-,17-/m00/s1. The summed E-state index contributed by atoms with van der Waals surface area (Å²) < 4.78 is 11.6. The number of fused-ring (bicyclic) bond motifs is 2. The van der Waals surface area contributed by atoms with Gasteiger partial charge in [-0.3, -0.25) is 14.4 Å². The van der Waals surface area contributed by atoms with Crippen LogP contribution >= 0.6 is 0 Å². The fourth-order valence-corrected chi connectivity index (χ4v) is 10.3. The molecule has 47 heavy (non-hydrogen) atoms. The normalized spacial score (nSPS) is 39.2. The summed E-state index contributed by atoms with van der Waals surface area (Å²) in [5.74, 6) is 0.128. The summed E-state index contributed by atoms with van der Waals surface area (Å²) in [5, 5.41) is 18.2. The Labute approximate surface area is 280 Å². The van der Waals surface area contributed by atoms with Crippen molar-refractivity contribution in [3.63, 3.8) is 0 Å². The molecule has 2 amide bonds. The molecule has 0 radical (unpaired) electrons. The molecule has 0 aromatic heterocycles. The molecule has 4 aliphatic carbocycles. The van der Waals surface area contributed by atoms with E-state index in [-0.39, 0.29) is 42.6 Å². The van der Waals surface area contributed by atoms with Gasteiger partial charge < -0.3 is 39.3 Å². The lowest BCUT2D eigenvalue weighted by Crippen LogP contribution is -2.61. The van der Waals surface area contributed by atoms with E-state index in [4.69, 9.17) is 14.6 Å². The van der Waals surface area contributed by atoms with Gasteiger partial charge in [-0.2, -0.15) is 0 Å². The Hall–Kier alpha value is -1.79. The van der Waals surface area contributed by atoms with Crippen molar-refractivity contribution >= 4 is 17.8 Å². The van der Waals surface area contributed by atoms with Crippen molar-refractivity contribution in [2.24, 2.45) is 11.8 Å². The molecule has 11 heteroatoms. The lowest BCUT2D eigenvalue weighted by molar-refractivity contribution is -0.168. The van der Waals surface area contributed by atoms with E-state index < -0.39 is 5.97 Å². The van der Waals surface area contributed by atoms with E-state index in [1.165, 1.54) is 25.7 Å². The van der Waals surface area contributed by atoms with Crippen LogP contribution in [0.2, 0.25) is 0 Å². The number of carboxylic acid groups (broad SMARTS) is 1. The van der Waals surface area contributed by atoms with Gasteiger partial charge in [-0.05, 0) is 83.0 Å². The van der Waals surface area contributed by atoms with Crippen LogP contribution < -0.4 is 0 Å². The third-order valence-electron chi connectivity index (χ3n) is 13.2. The molecule has 4 saturated heterocycles. The molecule has 8 aliphatic rings. The number of morpholine rings is 2. The first-order chi connectivity index (χ1) is 22.9. The lowest BCUT2D eigenvalue weighted by Gasteiger charge is -2.51. The molecule has 0 bridgehead atoms. The maximum Gasteiger partial charge on any atom is 0.306 e. The van der Waals surface area contributed by atoms with E-state index in [1.807, 2.05) is 0 Å². The minimum absolute atomic E-state index is 0.142. The molecule has 0 aromatic rings. The van der Waals surface area contributed by atoms with Gasteiger partial charge in [-0.25, -0.2) is 0 Å². The number of hydrogen-bond acceptors (Lipinski definition) is 8. The second-order valence-corrected chi connectivity index (χ2v) is 15.9. The minimum atomic E-state index is -0.650. The summed E-state index contributed by atoms with van der Waals surface area (Å²) in [6, 6.07) is 2.51. The fourth-order valence-electron chi connectivity index (χ4n) is 10.3. The smallest absolute Gasteiger partial charge is 0.306 e. The van der Waals surface area contributed by atoms with E-state index >= 15 is 0 Å². The summed E-state index contributed by atoms with van der Waals surface area (Å²) >= 11 is 0. The van der Waals surface area contributed by atoms with Gasteiger partial charge in [0.15, 0.2) is 0 Å². The molecule has 264 valence electrons. The highest BCUT2D eigenvalue weighted by molar-refractivity contribution is 5.79. The van der Waals surface area contributed by atoms with Gasteiger partial charge in [0.1, 0.15) is 13.2 Å². The van der Waals surface area contributed by atoms with E-state index in [2.05, 4.69) is 19.6 Å². The summed E-state index contributed by atoms with van der Waals surface area (Å²) in [6.45, 7) is 5.09. The Bertz CT molecular complexity index is 1100. The Morgan fingerprint density at radius 3 is 1.47 bits per heavy atom. The molecule has 8 fully saturated rings. The van der Waals surface area contributed by atoms with Crippen LogP contribution in [0.1, 0.15) is 103 Å². The Kier molecular flexibility index (Phi) is 10.7. The monoisotopic (exact) mass is 658 g/mol. The van der Waals surface area contributed by atoms with Crippen molar-refractivity contribution in [3.05, 3.63) is 0 Å². The molecule has 11 nitrogen and oxygen atoms in total. The van der Waals surface area contributed by atoms with Gasteiger partial charge in [0.05, 0.1) is 30.2 Å². The van der Waals surface area contributed by atoms with Gasteiger partial charge in [0.2, 0.25) is 11.8 Å². The van der Waals surface area contributed by atoms with Crippen molar-refractivity contribution in [3.8, 4) is 0 Å². The predicted molar refractivity (Wildman–Crippen MR) is 175 cm³/mol. The van der Waals surface area contributed by atoms with Gasteiger partial charge in [0, 0.05) is 57.0 Å². The number of hydrogen-bond donors (Lipinski definition) is 2. The van der Waals surface area contributed by atoms with Crippen LogP contribution in [0.15, 0.2) is 0 Å². The Morgan fingerprint density at radius 1 is 0.617 bits per heavy atom. The van der Waals surface area contributed by atoms with E-state index in [0.717, 1.165) is 103 Å². The zero-order chi connectivity index (χ0) is 32.5. The summed E-state index contributed by atoms with van der Waals surface area (Å²) in [5.41, 5.74) is 0. The maximum absolute atomic E-state index is 12.5. The van der Waals surface area contributed by atoms with Crippen LogP contribution in [0.25, 0.3) is 0 Å². The number of amides is 2. The zero-order valence-electron chi connectivity index (χ0n) is 28.3. The van der Waals surface area contributed by atoms with Crippen molar-refractivity contribution in [1.82, 2.24) is 19.6 Å². The van der Waals surface area contributed by atoms with Gasteiger partial charge in [-0.1, -0.05) is 25.7 Å². The molecule has 4 atom stereocenters. The molecule has 0 spiro atoms. The molecule has 8 rings (SSSR count). The van der Waals surface area contributed by atoms with Crippen molar-refractivity contribution < 1.29 is 34.1 Å².